The van der Waals surface area contributed by atoms with Crippen LogP contribution in [0.1, 0.15) is 39.2 Å². The highest BCUT2D eigenvalue weighted by atomic mass is 15.2. The molecule has 0 fully saturated rings. The molecule has 2 atom stereocenters. The largest absolute Gasteiger partial charge is 0.296 e. The lowest BCUT2D eigenvalue weighted by Crippen LogP contribution is -2.68. The molecule has 150 valence electrons. The molecule has 0 aliphatic carbocycles. The van der Waals surface area contributed by atoms with Crippen molar-refractivity contribution in [2.75, 3.05) is 0 Å². The summed E-state index contributed by atoms with van der Waals surface area (Å²) in [6.45, 7) is 11.4. The third-order valence-corrected chi connectivity index (χ3v) is 7.50. The van der Waals surface area contributed by atoms with Crippen LogP contribution < -0.4 is 4.57 Å². The average molecular weight is 394 g/mol. The first kappa shape index (κ1) is 18.9. The van der Waals surface area contributed by atoms with Gasteiger partial charge >= 0.3 is 0 Å². The second-order valence-electron chi connectivity index (χ2n) is 8.53. The van der Waals surface area contributed by atoms with Crippen molar-refractivity contribution in [2.45, 2.75) is 44.6 Å². The number of para-hydroxylation sites is 3. The molecule has 0 radical (unpaired) electrons. The van der Waals surface area contributed by atoms with Crippen molar-refractivity contribution in [3.05, 3.63) is 97.1 Å². The number of nitrogens with zero attached hydrogens (tertiary/aromatic N) is 2. The zero-order valence-corrected chi connectivity index (χ0v) is 18.1. The molecule has 2 heteroatoms. The van der Waals surface area contributed by atoms with E-state index in [1.807, 2.05) is 0 Å². The van der Waals surface area contributed by atoms with Gasteiger partial charge < -0.3 is 0 Å². The minimum atomic E-state index is -0.217. The lowest BCUT2D eigenvalue weighted by atomic mass is 9.60. The fourth-order valence-electron chi connectivity index (χ4n) is 5.80. The number of hydrogen-bond acceptors (Lipinski definition) is 0. The van der Waals surface area contributed by atoms with Crippen LogP contribution in [0, 0.1) is 0 Å². The lowest BCUT2D eigenvalue weighted by Gasteiger charge is -2.48. The Bertz CT molecular complexity index is 1250. The van der Waals surface area contributed by atoms with Crippen molar-refractivity contribution in [3.63, 3.8) is 0 Å². The van der Waals surface area contributed by atoms with Gasteiger partial charge in [-0.15, -0.1) is 0 Å². The van der Waals surface area contributed by atoms with Crippen LogP contribution in [0.3, 0.4) is 0 Å². The van der Waals surface area contributed by atoms with E-state index in [0.717, 1.165) is 12.8 Å². The first-order valence-corrected chi connectivity index (χ1v) is 11.0. The summed E-state index contributed by atoms with van der Waals surface area (Å²) in [5, 5.41) is 0. The second-order valence-corrected chi connectivity index (χ2v) is 8.53. The van der Waals surface area contributed by atoms with Crippen molar-refractivity contribution >= 4 is 11.0 Å². The smallest absolute Gasteiger partial charge is 0.212 e. The molecule has 2 nitrogen and oxygen atoms in total. The highest BCUT2D eigenvalue weighted by Crippen LogP contribution is 2.51. The van der Waals surface area contributed by atoms with Gasteiger partial charge in [0.25, 0.3) is 5.82 Å². The zero-order chi connectivity index (χ0) is 20.9. The van der Waals surface area contributed by atoms with Crippen LogP contribution in [-0.4, -0.2) is 4.57 Å². The van der Waals surface area contributed by atoms with E-state index in [4.69, 9.17) is 0 Å². The maximum absolute atomic E-state index is 4.40. The van der Waals surface area contributed by atoms with Crippen LogP contribution in [0.15, 0.2) is 91.5 Å². The normalized spacial score (nSPS) is 22.5. The van der Waals surface area contributed by atoms with Crippen LogP contribution >= 0.6 is 0 Å². The van der Waals surface area contributed by atoms with E-state index < -0.39 is 0 Å². The standard InChI is InChI=1S/C28H29N2/c1-5-27(4)23-18-12-11-17-22(23)26-29(21-15-9-8-10-16-21)24-19-13-14-20-25(24)30(26)28(27,6-2)7-3/h6,8-20H,2,5,7H2,1,3-4H3/q+1. The van der Waals surface area contributed by atoms with Crippen LogP contribution in [0.4, 0.5) is 0 Å². The Hall–Kier alpha value is -3.13. The fraction of sp³-hybridized carbons (Fsp3) is 0.250. The van der Waals surface area contributed by atoms with Gasteiger partial charge in [-0.25, -0.2) is 4.57 Å². The van der Waals surface area contributed by atoms with Gasteiger partial charge in [0.15, 0.2) is 11.0 Å². The first-order chi connectivity index (χ1) is 14.6. The van der Waals surface area contributed by atoms with Gasteiger partial charge in [0.2, 0.25) is 0 Å². The molecule has 4 aromatic rings. The minimum Gasteiger partial charge on any atom is -0.212 e. The monoisotopic (exact) mass is 393 g/mol. The summed E-state index contributed by atoms with van der Waals surface area (Å²) in [7, 11) is 0. The Morgan fingerprint density at radius 2 is 1.53 bits per heavy atom. The van der Waals surface area contributed by atoms with Gasteiger partial charge in [-0.05, 0) is 54.8 Å². The highest BCUT2D eigenvalue weighted by Gasteiger charge is 2.57. The quantitative estimate of drug-likeness (QED) is 0.274. The number of aromatic nitrogens is 2. The van der Waals surface area contributed by atoms with Gasteiger partial charge in [0.05, 0.1) is 5.56 Å². The third kappa shape index (κ3) is 2.17. The fourth-order valence-corrected chi connectivity index (χ4v) is 5.80. The summed E-state index contributed by atoms with van der Waals surface area (Å²) < 4.78 is 5.01. The predicted molar refractivity (Wildman–Crippen MR) is 125 cm³/mol. The summed E-state index contributed by atoms with van der Waals surface area (Å²) >= 11 is 0. The summed E-state index contributed by atoms with van der Waals surface area (Å²) in [5.74, 6) is 1.24. The van der Waals surface area contributed by atoms with Gasteiger partial charge in [-0.3, -0.25) is 0 Å². The molecule has 0 N–H and O–H groups in total. The molecule has 1 aliphatic heterocycles. The predicted octanol–water partition coefficient (Wildman–Crippen LogP) is 6.56. The summed E-state index contributed by atoms with van der Waals surface area (Å²) in [6.07, 6.45) is 4.23. The molecule has 30 heavy (non-hydrogen) atoms. The summed E-state index contributed by atoms with van der Waals surface area (Å²) in [4.78, 5) is 0. The molecule has 0 spiro atoms. The Morgan fingerprint density at radius 3 is 2.23 bits per heavy atom. The number of benzene rings is 3. The van der Waals surface area contributed by atoms with Crippen molar-refractivity contribution < 1.29 is 4.57 Å². The number of allylic oxidation sites excluding steroid dienone is 1. The van der Waals surface area contributed by atoms with E-state index in [1.54, 1.807) is 0 Å². The molecule has 0 amide bonds. The van der Waals surface area contributed by atoms with E-state index in [1.165, 1.54) is 33.7 Å². The molecule has 2 unspecified atom stereocenters. The average Bonchev–Trinajstić information content (AvgIpc) is 3.16. The van der Waals surface area contributed by atoms with Crippen molar-refractivity contribution in [3.8, 4) is 17.1 Å². The minimum absolute atomic E-state index is 0.0522. The Morgan fingerprint density at radius 1 is 0.867 bits per heavy atom. The molecular formula is C28H29N2+. The molecule has 0 bridgehead atoms. The number of rotatable bonds is 4. The molecule has 0 saturated carbocycles. The molecule has 1 aliphatic rings. The molecule has 3 aromatic carbocycles. The van der Waals surface area contributed by atoms with E-state index in [2.05, 4.69) is 121 Å². The van der Waals surface area contributed by atoms with Gasteiger partial charge in [-0.2, -0.15) is 4.57 Å². The zero-order valence-electron chi connectivity index (χ0n) is 18.1. The molecule has 1 aromatic heterocycles. The maximum Gasteiger partial charge on any atom is 0.296 e. The Labute approximate surface area is 179 Å². The number of fused-ring (bicyclic) bond motifs is 5. The van der Waals surface area contributed by atoms with E-state index in [9.17, 15) is 0 Å². The molecule has 0 saturated heterocycles. The van der Waals surface area contributed by atoms with Crippen molar-refractivity contribution in [1.82, 2.24) is 4.57 Å². The molecule has 5 rings (SSSR count). The van der Waals surface area contributed by atoms with Gasteiger partial charge in [0, 0.05) is 5.41 Å². The SMILES string of the molecule is C=CC1(CC)[n+]2c(n(-c3ccccc3)c3ccccc32)-c2ccccc2C1(C)CC. The van der Waals surface area contributed by atoms with Crippen LogP contribution in [0.5, 0.6) is 0 Å². The summed E-state index contributed by atoms with van der Waals surface area (Å²) in [6, 6.07) is 28.5. The van der Waals surface area contributed by atoms with Crippen molar-refractivity contribution in [2.24, 2.45) is 0 Å². The van der Waals surface area contributed by atoms with Crippen LogP contribution in [0.25, 0.3) is 28.1 Å². The highest BCUT2D eigenvalue weighted by molar-refractivity contribution is 5.81. The Kier molecular flexibility index (Phi) is 4.21. The number of hydrogen-bond donors (Lipinski definition) is 0. The van der Waals surface area contributed by atoms with Crippen molar-refractivity contribution in [1.29, 1.82) is 0 Å². The van der Waals surface area contributed by atoms with Crippen LogP contribution in [0.2, 0.25) is 0 Å². The third-order valence-electron chi connectivity index (χ3n) is 7.50. The Balaban J connectivity index is 2.06. The summed E-state index contributed by atoms with van der Waals surface area (Å²) in [5.41, 5.74) is 6.13. The topological polar surface area (TPSA) is 8.81 Å². The van der Waals surface area contributed by atoms with Gasteiger partial charge in [-0.1, -0.05) is 75.9 Å². The van der Waals surface area contributed by atoms with E-state index >= 15 is 0 Å². The van der Waals surface area contributed by atoms with Gasteiger partial charge in [0.1, 0.15) is 11.2 Å². The van der Waals surface area contributed by atoms with E-state index in [0.29, 0.717) is 0 Å². The molecular weight excluding hydrogens is 364 g/mol. The van der Waals surface area contributed by atoms with Crippen LogP contribution in [-0.2, 0) is 11.0 Å². The lowest BCUT2D eigenvalue weighted by molar-refractivity contribution is -0.733. The second kappa shape index (κ2) is 6.70. The first-order valence-electron chi connectivity index (χ1n) is 11.0. The molecule has 2 heterocycles. The number of imidazole rings is 1. The van der Waals surface area contributed by atoms with E-state index in [-0.39, 0.29) is 11.0 Å². The maximum atomic E-state index is 4.40.